The molecule has 1 aromatic heterocycles. The molecule has 1 atom stereocenters. The average Bonchev–Trinajstić information content (AvgIpc) is 2.69. The van der Waals surface area contributed by atoms with Crippen LogP contribution >= 0.6 is 0 Å². The van der Waals surface area contributed by atoms with Crippen LogP contribution in [0.1, 0.15) is 38.8 Å². The molecule has 1 N–H and O–H groups in total. The van der Waals surface area contributed by atoms with Crippen LogP contribution in [-0.2, 0) is 17.8 Å². The summed E-state index contributed by atoms with van der Waals surface area (Å²) in [5, 5.41) is 0. The summed E-state index contributed by atoms with van der Waals surface area (Å²) < 4.78 is 7.17. The van der Waals surface area contributed by atoms with Gasteiger partial charge in [-0.05, 0) is 39.8 Å². The Bertz CT molecular complexity index is 908. The van der Waals surface area contributed by atoms with Crippen LogP contribution in [0.5, 0.6) is 0 Å². The van der Waals surface area contributed by atoms with E-state index in [4.69, 9.17) is 11.2 Å². The number of aromatic nitrogens is 2. The molecule has 0 saturated carbocycles. The second-order valence-electron chi connectivity index (χ2n) is 7.13. The highest BCUT2D eigenvalue weighted by atomic mass is 16.6. The topological polar surface area (TPSA) is 67.3 Å². The molecule has 0 radical (unpaired) electrons. The zero-order valence-electron chi connectivity index (χ0n) is 14.3. The number of nitrogens with one attached hydrogen (secondary N) is 1. The van der Waals surface area contributed by atoms with Gasteiger partial charge in [-0.1, -0.05) is 5.92 Å². The molecule has 0 saturated heterocycles. The molecule has 0 aliphatic carbocycles. The van der Waals surface area contributed by atoms with Gasteiger partial charge < -0.3 is 9.72 Å². The van der Waals surface area contributed by atoms with Crippen LogP contribution in [0.3, 0.4) is 0 Å². The van der Waals surface area contributed by atoms with E-state index >= 15 is 0 Å². The minimum atomic E-state index is -0.586. The number of carbonyl (C=O) groups is 1. The van der Waals surface area contributed by atoms with E-state index in [1.807, 2.05) is 27.7 Å². The van der Waals surface area contributed by atoms with E-state index in [0.29, 0.717) is 18.7 Å². The lowest BCUT2D eigenvalue weighted by atomic mass is 10.1. The van der Waals surface area contributed by atoms with E-state index in [-0.39, 0.29) is 11.7 Å². The van der Waals surface area contributed by atoms with Gasteiger partial charge in [0.25, 0.3) is 0 Å². The fourth-order valence-electron chi connectivity index (χ4n) is 3.05. The molecule has 3 rings (SSSR count). The standard InChI is InChI=1S/C18H21N3O3/c1-6-12-7-8-14-15-13(12)10-20(17(23)24-18(3,4)5)11(2)9-21(15)16(22)19-14/h1,7-8,11H,9-10H2,2-5H3,(H,19,22)/t11-/m0/s1. The van der Waals surface area contributed by atoms with Gasteiger partial charge in [0, 0.05) is 17.7 Å². The lowest BCUT2D eigenvalue weighted by Crippen LogP contribution is -2.43. The molecule has 0 fully saturated rings. The number of hydrogen-bond donors (Lipinski definition) is 1. The van der Waals surface area contributed by atoms with Crippen LogP contribution in [0.4, 0.5) is 4.79 Å². The molecule has 1 amide bonds. The Balaban J connectivity index is 2.12. The third-order valence-corrected chi connectivity index (χ3v) is 4.13. The van der Waals surface area contributed by atoms with Gasteiger partial charge in [0.2, 0.25) is 0 Å². The number of rotatable bonds is 0. The van der Waals surface area contributed by atoms with E-state index in [1.54, 1.807) is 21.6 Å². The van der Waals surface area contributed by atoms with Crippen LogP contribution in [-0.4, -0.2) is 32.2 Å². The van der Waals surface area contributed by atoms with Crippen molar-refractivity contribution in [1.82, 2.24) is 14.5 Å². The number of benzene rings is 1. The highest BCUT2D eigenvalue weighted by molar-refractivity contribution is 5.83. The van der Waals surface area contributed by atoms with Gasteiger partial charge in [-0.25, -0.2) is 9.59 Å². The fourth-order valence-corrected chi connectivity index (χ4v) is 3.05. The zero-order chi connectivity index (χ0) is 17.6. The summed E-state index contributed by atoms with van der Waals surface area (Å²) in [4.78, 5) is 29.4. The second kappa shape index (κ2) is 5.45. The van der Waals surface area contributed by atoms with Crippen LogP contribution in [0, 0.1) is 12.3 Å². The summed E-state index contributed by atoms with van der Waals surface area (Å²) in [6.07, 6.45) is 5.22. The van der Waals surface area contributed by atoms with Crippen LogP contribution in [0.25, 0.3) is 11.0 Å². The molecule has 1 aromatic carbocycles. The lowest BCUT2D eigenvalue weighted by Gasteiger charge is -2.30. The maximum Gasteiger partial charge on any atom is 0.410 e. The Kier molecular flexibility index (Phi) is 3.67. The number of carbonyl (C=O) groups excluding carboxylic acids is 1. The zero-order valence-corrected chi connectivity index (χ0v) is 14.3. The normalized spacial score (nSPS) is 17.5. The molecular formula is C18H21N3O3. The Morgan fingerprint density at radius 2 is 2.12 bits per heavy atom. The van der Waals surface area contributed by atoms with Crippen molar-refractivity contribution < 1.29 is 9.53 Å². The van der Waals surface area contributed by atoms with Gasteiger partial charge in [-0.15, -0.1) is 6.42 Å². The molecule has 0 unspecified atom stereocenters. The predicted molar refractivity (Wildman–Crippen MR) is 91.7 cm³/mol. The molecular weight excluding hydrogens is 306 g/mol. The number of H-pyrrole nitrogens is 1. The predicted octanol–water partition coefficient (Wildman–Crippen LogP) is 2.45. The number of terminal acetylenes is 1. The van der Waals surface area contributed by atoms with Crippen LogP contribution in [0.15, 0.2) is 16.9 Å². The smallest absolute Gasteiger partial charge is 0.410 e. The lowest BCUT2D eigenvalue weighted by molar-refractivity contribution is 0.0148. The maximum absolute atomic E-state index is 12.6. The van der Waals surface area contributed by atoms with Gasteiger partial charge in [0.15, 0.2) is 0 Å². The molecule has 0 spiro atoms. The Morgan fingerprint density at radius 1 is 1.42 bits per heavy atom. The van der Waals surface area contributed by atoms with Crippen molar-refractivity contribution >= 4 is 17.1 Å². The van der Waals surface area contributed by atoms with Crippen molar-refractivity contribution in [2.24, 2.45) is 0 Å². The SMILES string of the molecule is C#Cc1ccc2[nH]c(=O)n3c2c1CN(C(=O)OC(C)(C)C)[C@@H](C)C3. The maximum atomic E-state index is 12.6. The summed E-state index contributed by atoms with van der Waals surface area (Å²) in [7, 11) is 0. The van der Waals surface area contributed by atoms with Crippen molar-refractivity contribution in [3.63, 3.8) is 0 Å². The number of nitrogens with zero attached hydrogens (tertiary/aromatic N) is 2. The number of hydrogen-bond acceptors (Lipinski definition) is 3. The van der Waals surface area contributed by atoms with Crippen molar-refractivity contribution in [3.8, 4) is 12.3 Å². The first kappa shape index (κ1) is 16.2. The number of ether oxygens (including phenoxy) is 1. The van der Waals surface area contributed by atoms with Crippen molar-refractivity contribution in [2.45, 2.75) is 52.4 Å². The average molecular weight is 327 g/mol. The Hall–Kier alpha value is -2.68. The van der Waals surface area contributed by atoms with Crippen molar-refractivity contribution in [2.75, 3.05) is 0 Å². The monoisotopic (exact) mass is 327 g/mol. The first-order valence-corrected chi connectivity index (χ1v) is 7.92. The number of amides is 1. The number of aromatic amines is 1. The summed E-state index contributed by atoms with van der Waals surface area (Å²) in [5.74, 6) is 2.65. The summed E-state index contributed by atoms with van der Waals surface area (Å²) >= 11 is 0. The van der Waals surface area contributed by atoms with Gasteiger partial charge in [0.05, 0.1) is 23.6 Å². The van der Waals surface area contributed by atoms with Gasteiger partial charge in [0.1, 0.15) is 5.60 Å². The summed E-state index contributed by atoms with van der Waals surface area (Å²) in [6.45, 7) is 8.08. The first-order chi connectivity index (χ1) is 11.2. The molecule has 1 aliphatic rings. The highest BCUT2D eigenvalue weighted by Crippen LogP contribution is 2.27. The third-order valence-electron chi connectivity index (χ3n) is 4.13. The summed E-state index contributed by atoms with van der Waals surface area (Å²) in [5.41, 5.74) is 2.19. The quantitative estimate of drug-likeness (QED) is 0.756. The van der Waals surface area contributed by atoms with Gasteiger partial charge in [-0.2, -0.15) is 0 Å². The minimum Gasteiger partial charge on any atom is -0.444 e. The Labute approximate surface area is 140 Å². The third kappa shape index (κ3) is 2.67. The van der Waals surface area contributed by atoms with Crippen molar-refractivity contribution in [3.05, 3.63) is 33.7 Å². The van der Waals surface area contributed by atoms with E-state index < -0.39 is 11.7 Å². The van der Waals surface area contributed by atoms with Crippen molar-refractivity contribution in [1.29, 1.82) is 0 Å². The van der Waals surface area contributed by atoms with E-state index in [1.165, 1.54) is 0 Å². The van der Waals surface area contributed by atoms with Crippen LogP contribution < -0.4 is 5.69 Å². The molecule has 6 nitrogen and oxygen atoms in total. The van der Waals surface area contributed by atoms with Crippen LogP contribution in [0.2, 0.25) is 0 Å². The molecule has 2 aromatic rings. The first-order valence-electron chi connectivity index (χ1n) is 7.92. The van der Waals surface area contributed by atoms with Gasteiger partial charge in [-0.3, -0.25) is 9.47 Å². The molecule has 6 heteroatoms. The Morgan fingerprint density at radius 3 is 2.75 bits per heavy atom. The largest absolute Gasteiger partial charge is 0.444 e. The highest BCUT2D eigenvalue weighted by Gasteiger charge is 2.31. The van der Waals surface area contributed by atoms with E-state index in [2.05, 4.69) is 10.9 Å². The summed E-state index contributed by atoms with van der Waals surface area (Å²) in [6, 6.07) is 3.40. The molecule has 0 bridgehead atoms. The molecule has 126 valence electrons. The second-order valence-corrected chi connectivity index (χ2v) is 7.13. The molecule has 2 heterocycles. The van der Waals surface area contributed by atoms with Gasteiger partial charge >= 0.3 is 11.8 Å². The van der Waals surface area contributed by atoms with E-state index in [9.17, 15) is 9.59 Å². The fraction of sp³-hybridized carbons (Fsp3) is 0.444. The van der Waals surface area contributed by atoms with E-state index in [0.717, 1.165) is 16.6 Å². The minimum absolute atomic E-state index is 0.196. The molecule has 24 heavy (non-hydrogen) atoms. The molecule has 1 aliphatic heterocycles. The number of imidazole rings is 1.